The fraction of sp³-hybridized carbons (Fsp3) is 0.368. The third-order valence-corrected chi connectivity index (χ3v) is 4.51. The van der Waals surface area contributed by atoms with E-state index in [0.29, 0.717) is 19.6 Å². The zero-order valence-electron chi connectivity index (χ0n) is 14.2. The van der Waals surface area contributed by atoms with E-state index in [1.165, 1.54) is 5.56 Å². The van der Waals surface area contributed by atoms with Crippen LogP contribution in [0.15, 0.2) is 42.6 Å². The maximum atomic E-state index is 14.3. The minimum Gasteiger partial charge on any atom is -0.366 e. The lowest BCUT2D eigenvalue weighted by Crippen LogP contribution is -2.24. The monoisotopic (exact) mass is 340 g/mol. The molecule has 0 radical (unpaired) electrons. The maximum Gasteiger partial charge on any atom is 0.140 e. The molecule has 4 rings (SSSR count). The molecule has 0 spiro atoms. The number of pyridine rings is 1. The lowest BCUT2D eigenvalue weighted by atomic mass is 10.2. The quantitative estimate of drug-likeness (QED) is 0.776. The van der Waals surface area contributed by atoms with Crippen molar-refractivity contribution in [3.63, 3.8) is 0 Å². The molecule has 3 aromatic rings. The molecule has 0 bridgehead atoms. The van der Waals surface area contributed by atoms with E-state index in [0.717, 1.165) is 22.6 Å². The number of likely N-dealkylation sites (tertiary alicyclic amines) is 1. The Balaban J connectivity index is 1.35. The van der Waals surface area contributed by atoms with Crippen molar-refractivity contribution in [3.05, 3.63) is 59.7 Å². The number of nitrogens with zero attached hydrogens (tertiary/aromatic N) is 3. The number of fused-ring (bicyclic) bond motifs is 1. The molecule has 0 amide bonds. The molecule has 1 aliphatic rings. The highest BCUT2D eigenvalue weighted by Gasteiger charge is 2.33. The summed E-state index contributed by atoms with van der Waals surface area (Å²) in [7, 11) is 0. The fourth-order valence-electron chi connectivity index (χ4n) is 3.25. The van der Waals surface area contributed by atoms with Crippen LogP contribution >= 0.6 is 0 Å². The highest BCUT2D eigenvalue weighted by atomic mass is 19.1. The van der Waals surface area contributed by atoms with E-state index in [-0.39, 0.29) is 6.61 Å². The molecule has 5 nitrogen and oxygen atoms in total. The molecule has 0 aliphatic carbocycles. The van der Waals surface area contributed by atoms with Gasteiger partial charge in [-0.1, -0.05) is 12.1 Å². The maximum absolute atomic E-state index is 14.3. The molecule has 2 atom stereocenters. The zero-order chi connectivity index (χ0) is 17.2. The van der Waals surface area contributed by atoms with Crippen molar-refractivity contribution in [1.82, 2.24) is 19.9 Å². The van der Waals surface area contributed by atoms with Gasteiger partial charge in [0, 0.05) is 25.8 Å². The molecule has 1 N–H and O–H groups in total. The molecule has 1 fully saturated rings. The second kappa shape index (κ2) is 6.90. The lowest BCUT2D eigenvalue weighted by Gasteiger charge is -2.15. The summed E-state index contributed by atoms with van der Waals surface area (Å²) in [6, 6.07) is 11.8. The lowest BCUT2D eigenvalue weighted by molar-refractivity contribution is 0.00861. The number of ether oxygens (including phenoxy) is 1. The van der Waals surface area contributed by atoms with Gasteiger partial charge in [0.2, 0.25) is 0 Å². The second-order valence-electron chi connectivity index (χ2n) is 6.58. The van der Waals surface area contributed by atoms with Gasteiger partial charge in [0.15, 0.2) is 0 Å². The average molecular weight is 340 g/mol. The number of benzene rings is 1. The number of aromatic nitrogens is 3. The summed E-state index contributed by atoms with van der Waals surface area (Å²) >= 11 is 0. The molecule has 130 valence electrons. The Hall–Kier alpha value is -2.31. The Kier molecular flexibility index (Phi) is 4.46. The van der Waals surface area contributed by atoms with Gasteiger partial charge >= 0.3 is 0 Å². The van der Waals surface area contributed by atoms with E-state index in [2.05, 4.69) is 15.0 Å². The van der Waals surface area contributed by atoms with Crippen molar-refractivity contribution >= 4 is 11.0 Å². The van der Waals surface area contributed by atoms with Crippen LogP contribution in [0.3, 0.4) is 0 Å². The van der Waals surface area contributed by atoms with Crippen LogP contribution in [0, 0.1) is 6.92 Å². The van der Waals surface area contributed by atoms with Crippen LogP contribution in [0.25, 0.3) is 11.0 Å². The van der Waals surface area contributed by atoms with Crippen molar-refractivity contribution in [3.8, 4) is 0 Å². The van der Waals surface area contributed by atoms with Crippen molar-refractivity contribution in [1.29, 1.82) is 0 Å². The van der Waals surface area contributed by atoms with E-state index in [1.807, 2.05) is 48.2 Å². The number of halogens is 1. The smallest absolute Gasteiger partial charge is 0.140 e. The van der Waals surface area contributed by atoms with Gasteiger partial charge in [-0.15, -0.1) is 0 Å². The first-order valence-electron chi connectivity index (χ1n) is 8.50. The van der Waals surface area contributed by atoms with Gasteiger partial charge in [0.25, 0.3) is 0 Å². The minimum absolute atomic E-state index is 0.288. The Morgan fingerprint density at radius 3 is 3.04 bits per heavy atom. The minimum atomic E-state index is -0.990. The Labute approximate surface area is 145 Å². The molecule has 2 unspecified atom stereocenters. The number of H-pyrrole nitrogens is 1. The van der Waals surface area contributed by atoms with Crippen LogP contribution in [-0.2, 0) is 17.9 Å². The standard InChI is InChI=1S/C19H21FN4O/c1-13-5-6-16-17(8-13)23-19(22-16)12-25-18-11-24(10-15(18)20)9-14-4-2-3-7-21-14/h2-8,15,18H,9-12H2,1H3,(H,22,23). The first-order valence-corrected chi connectivity index (χ1v) is 8.50. The van der Waals surface area contributed by atoms with Crippen LogP contribution < -0.4 is 0 Å². The highest BCUT2D eigenvalue weighted by Crippen LogP contribution is 2.20. The van der Waals surface area contributed by atoms with Crippen LogP contribution in [0.1, 0.15) is 17.1 Å². The summed E-state index contributed by atoms with van der Waals surface area (Å²) in [5.74, 6) is 0.732. The first kappa shape index (κ1) is 16.2. The van der Waals surface area contributed by atoms with Crippen molar-refractivity contribution in [2.75, 3.05) is 13.1 Å². The van der Waals surface area contributed by atoms with E-state index < -0.39 is 12.3 Å². The molecule has 6 heteroatoms. The molecule has 3 heterocycles. The number of hydrogen-bond acceptors (Lipinski definition) is 4. The molecule has 25 heavy (non-hydrogen) atoms. The number of nitrogens with one attached hydrogen (secondary N) is 1. The van der Waals surface area contributed by atoms with Crippen LogP contribution in [0.2, 0.25) is 0 Å². The third kappa shape index (κ3) is 3.70. The van der Waals surface area contributed by atoms with Gasteiger partial charge in [0.1, 0.15) is 24.7 Å². The predicted molar refractivity (Wildman–Crippen MR) is 93.8 cm³/mol. The van der Waals surface area contributed by atoms with E-state index in [1.54, 1.807) is 6.20 Å². The zero-order valence-corrected chi connectivity index (χ0v) is 14.2. The number of imidazole rings is 1. The highest BCUT2D eigenvalue weighted by molar-refractivity contribution is 5.75. The SMILES string of the molecule is Cc1ccc2nc(COC3CN(Cc4ccccn4)CC3F)[nH]c2c1. The van der Waals surface area contributed by atoms with E-state index >= 15 is 0 Å². The number of rotatable bonds is 5. The Morgan fingerprint density at radius 2 is 2.20 bits per heavy atom. The Morgan fingerprint density at radius 1 is 1.28 bits per heavy atom. The van der Waals surface area contributed by atoms with Crippen molar-refractivity contribution < 1.29 is 9.13 Å². The normalized spacial score (nSPS) is 21.2. The molecule has 1 saturated heterocycles. The van der Waals surface area contributed by atoms with Gasteiger partial charge in [-0.25, -0.2) is 9.37 Å². The predicted octanol–water partition coefficient (Wildman–Crippen LogP) is 3.01. The number of alkyl halides is 1. The summed E-state index contributed by atoms with van der Waals surface area (Å²) in [5.41, 5.74) is 4.01. The molecule has 1 aliphatic heterocycles. The van der Waals surface area contributed by atoms with Crippen LogP contribution in [0.5, 0.6) is 0 Å². The second-order valence-corrected chi connectivity index (χ2v) is 6.58. The molecule has 1 aromatic carbocycles. The first-order chi connectivity index (χ1) is 12.2. The van der Waals surface area contributed by atoms with Crippen molar-refractivity contribution in [2.45, 2.75) is 32.4 Å². The molecule has 0 saturated carbocycles. The third-order valence-electron chi connectivity index (χ3n) is 4.51. The summed E-state index contributed by atoms with van der Waals surface area (Å²) in [6.07, 6.45) is 0.337. The van der Waals surface area contributed by atoms with Gasteiger partial charge in [0.05, 0.1) is 16.7 Å². The van der Waals surface area contributed by atoms with Crippen molar-refractivity contribution in [2.24, 2.45) is 0 Å². The summed E-state index contributed by atoms with van der Waals surface area (Å²) < 4.78 is 20.1. The summed E-state index contributed by atoms with van der Waals surface area (Å²) in [6.45, 7) is 3.91. The average Bonchev–Trinajstić information content (AvgIpc) is 3.16. The van der Waals surface area contributed by atoms with E-state index in [4.69, 9.17) is 4.74 Å². The number of hydrogen-bond donors (Lipinski definition) is 1. The molecular formula is C19H21FN4O. The largest absolute Gasteiger partial charge is 0.366 e. The Bertz CT molecular complexity index is 851. The van der Waals surface area contributed by atoms with Gasteiger partial charge in [-0.2, -0.15) is 0 Å². The molecular weight excluding hydrogens is 319 g/mol. The van der Waals surface area contributed by atoms with Gasteiger partial charge in [-0.3, -0.25) is 9.88 Å². The van der Waals surface area contributed by atoms with Crippen LogP contribution in [-0.4, -0.2) is 45.2 Å². The van der Waals surface area contributed by atoms with Crippen LogP contribution in [0.4, 0.5) is 4.39 Å². The summed E-state index contributed by atoms with van der Waals surface area (Å²) in [5, 5.41) is 0. The summed E-state index contributed by atoms with van der Waals surface area (Å²) in [4.78, 5) is 14.1. The van der Waals surface area contributed by atoms with Gasteiger partial charge < -0.3 is 9.72 Å². The number of aryl methyl sites for hydroxylation is 1. The van der Waals surface area contributed by atoms with E-state index in [9.17, 15) is 4.39 Å². The van der Waals surface area contributed by atoms with Gasteiger partial charge in [-0.05, 0) is 36.8 Å². The molecule has 2 aromatic heterocycles. The fourth-order valence-corrected chi connectivity index (χ4v) is 3.25. The number of aromatic amines is 1. The topological polar surface area (TPSA) is 54.0 Å².